The molecule has 8 heteroatoms. The zero-order valence-corrected chi connectivity index (χ0v) is 12.5. The van der Waals surface area contributed by atoms with Gasteiger partial charge in [0.05, 0.1) is 9.40 Å². The average Bonchev–Trinajstić information content (AvgIpc) is 2.47. The monoisotopic (exact) mass is 352 g/mol. The lowest BCUT2D eigenvalue weighted by atomic mass is 10.3. The van der Waals surface area contributed by atoms with E-state index in [4.69, 9.17) is 10.5 Å². The zero-order valence-electron chi connectivity index (χ0n) is 11.0. The van der Waals surface area contributed by atoms with Crippen molar-refractivity contribution >= 4 is 33.1 Å². The molecule has 0 aliphatic carbocycles. The Morgan fingerprint density at radius 2 is 2.24 bits per heavy atom. The van der Waals surface area contributed by atoms with Crippen molar-refractivity contribution in [2.24, 2.45) is 5.73 Å². The average molecular weight is 353 g/mol. The molecule has 1 aromatic carbocycles. The van der Waals surface area contributed by atoms with Gasteiger partial charge in [-0.25, -0.2) is 4.98 Å². The van der Waals surface area contributed by atoms with Crippen molar-refractivity contribution in [3.8, 4) is 5.75 Å². The van der Waals surface area contributed by atoms with Gasteiger partial charge in [-0.1, -0.05) is 6.07 Å². The van der Waals surface area contributed by atoms with Crippen molar-refractivity contribution in [3.05, 3.63) is 51.1 Å². The molecule has 0 aliphatic rings. The van der Waals surface area contributed by atoms with Crippen molar-refractivity contribution in [2.45, 2.75) is 0 Å². The summed E-state index contributed by atoms with van der Waals surface area (Å²) in [4.78, 5) is 14.2. The molecular formula is C13H13BrN4O3. The molecule has 0 bridgehead atoms. The van der Waals surface area contributed by atoms with Gasteiger partial charge in [-0.05, 0) is 28.1 Å². The Labute approximate surface area is 129 Å². The van der Waals surface area contributed by atoms with Gasteiger partial charge in [-0.15, -0.1) is 0 Å². The van der Waals surface area contributed by atoms with E-state index >= 15 is 0 Å². The van der Waals surface area contributed by atoms with Crippen LogP contribution in [0.2, 0.25) is 0 Å². The number of rotatable bonds is 6. The highest BCUT2D eigenvalue weighted by atomic mass is 79.9. The molecule has 3 N–H and O–H groups in total. The van der Waals surface area contributed by atoms with Crippen LogP contribution in [-0.2, 0) is 0 Å². The van der Waals surface area contributed by atoms with Gasteiger partial charge in [0.1, 0.15) is 24.4 Å². The summed E-state index contributed by atoms with van der Waals surface area (Å²) in [6.07, 6.45) is 1.20. The van der Waals surface area contributed by atoms with E-state index in [1.807, 2.05) is 18.2 Å². The maximum atomic E-state index is 10.7. The van der Waals surface area contributed by atoms with Crippen LogP contribution in [0.25, 0.3) is 0 Å². The number of benzene rings is 1. The van der Waals surface area contributed by atoms with Gasteiger partial charge in [-0.3, -0.25) is 10.1 Å². The summed E-state index contributed by atoms with van der Waals surface area (Å²) in [5.74, 6) is 1.17. The number of ether oxygens (including phenoxy) is 1. The van der Waals surface area contributed by atoms with Gasteiger partial charge >= 0.3 is 0 Å². The number of hydrogen-bond donors (Lipinski definition) is 2. The van der Waals surface area contributed by atoms with Crippen LogP contribution in [0.15, 0.2) is 41.0 Å². The Hall–Kier alpha value is -2.19. The summed E-state index contributed by atoms with van der Waals surface area (Å²) in [6.45, 7) is 0.871. The third kappa shape index (κ3) is 4.14. The van der Waals surface area contributed by atoms with E-state index in [0.29, 0.717) is 29.2 Å². The van der Waals surface area contributed by atoms with Crippen LogP contribution in [0.3, 0.4) is 0 Å². The number of nitrogens with one attached hydrogen (secondary N) is 1. The lowest BCUT2D eigenvalue weighted by Crippen LogP contribution is -2.10. The third-order valence-corrected chi connectivity index (χ3v) is 3.13. The maximum Gasteiger partial charge on any atom is 0.288 e. The van der Waals surface area contributed by atoms with E-state index < -0.39 is 4.92 Å². The lowest BCUT2D eigenvalue weighted by Gasteiger charge is -2.09. The molecule has 0 spiro atoms. The minimum Gasteiger partial charge on any atom is -0.492 e. The van der Waals surface area contributed by atoms with Crippen molar-refractivity contribution in [1.82, 2.24) is 4.98 Å². The van der Waals surface area contributed by atoms with Crippen LogP contribution in [0.5, 0.6) is 5.75 Å². The summed E-state index contributed by atoms with van der Waals surface area (Å²) in [6, 6.07) is 8.67. The molecule has 0 amide bonds. The highest BCUT2D eigenvalue weighted by Gasteiger charge is 2.10. The van der Waals surface area contributed by atoms with Gasteiger partial charge in [-0.2, -0.15) is 0 Å². The summed E-state index contributed by atoms with van der Waals surface area (Å²) in [7, 11) is 0. The number of pyridine rings is 1. The molecule has 2 aromatic rings. The molecule has 0 saturated heterocycles. The van der Waals surface area contributed by atoms with Crippen molar-refractivity contribution in [2.75, 3.05) is 18.5 Å². The second-order valence-electron chi connectivity index (χ2n) is 4.07. The predicted octanol–water partition coefficient (Wildman–Crippen LogP) is 2.83. The van der Waals surface area contributed by atoms with Crippen molar-refractivity contribution in [3.63, 3.8) is 0 Å². The van der Waals surface area contributed by atoms with Gasteiger partial charge in [0.15, 0.2) is 0 Å². The molecule has 0 radical (unpaired) electrons. The molecule has 0 aliphatic heterocycles. The number of nitrogens with zero attached hydrogens (tertiary/aromatic N) is 2. The van der Waals surface area contributed by atoms with Crippen LogP contribution in [0.4, 0.5) is 17.2 Å². The van der Waals surface area contributed by atoms with Gasteiger partial charge in [0.2, 0.25) is 0 Å². The normalized spacial score (nSPS) is 10.2. The van der Waals surface area contributed by atoms with Gasteiger partial charge in [0.25, 0.3) is 5.69 Å². The summed E-state index contributed by atoms with van der Waals surface area (Å²) >= 11 is 3.26. The molecule has 0 saturated carbocycles. The molecule has 0 unspecified atom stereocenters. The number of nitrogens with two attached hydrogens (primary N) is 1. The summed E-state index contributed by atoms with van der Waals surface area (Å²) in [5, 5.41) is 13.7. The first-order chi connectivity index (χ1) is 10.1. The van der Waals surface area contributed by atoms with Crippen LogP contribution < -0.4 is 15.8 Å². The molecule has 110 valence electrons. The predicted molar refractivity (Wildman–Crippen MR) is 82.9 cm³/mol. The smallest absolute Gasteiger partial charge is 0.288 e. The van der Waals surface area contributed by atoms with Gasteiger partial charge < -0.3 is 15.8 Å². The van der Waals surface area contributed by atoms with Crippen LogP contribution in [0.1, 0.15) is 0 Å². The largest absolute Gasteiger partial charge is 0.492 e. The Morgan fingerprint density at radius 3 is 2.90 bits per heavy atom. The first kappa shape index (κ1) is 15.2. The fourth-order valence-corrected chi connectivity index (χ4v) is 2.03. The first-order valence-electron chi connectivity index (χ1n) is 6.10. The maximum absolute atomic E-state index is 10.7. The fraction of sp³-hybridized carbons (Fsp3) is 0.154. The van der Waals surface area contributed by atoms with E-state index in [2.05, 4.69) is 26.2 Å². The van der Waals surface area contributed by atoms with E-state index in [1.54, 1.807) is 6.07 Å². The second kappa shape index (κ2) is 7.00. The van der Waals surface area contributed by atoms with E-state index in [0.717, 1.165) is 5.69 Å². The van der Waals surface area contributed by atoms with Gasteiger partial charge in [0, 0.05) is 24.4 Å². The summed E-state index contributed by atoms with van der Waals surface area (Å²) < 4.78 is 5.93. The van der Waals surface area contributed by atoms with Crippen LogP contribution >= 0.6 is 15.9 Å². The third-order valence-electron chi connectivity index (χ3n) is 2.52. The lowest BCUT2D eigenvalue weighted by molar-refractivity contribution is -0.385. The Morgan fingerprint density at radius 1 is 1.43 bits per heavy atom. The van der Waals surface area contributed by atoms with E-state index in [9.17, 15) is 10.1 Å². The molecule has 7 nitrogen and oxygen atoms in total. The number of anilines is 2. The Bertz CT molecular complexity index is 651. The van der Waals surface area contributed by atoms with E-state index in [-0.39, 0.29) is 5.69 Å². The highest BCUT2D eigenvalue weighted by molar-refractivity contribution is 9.10. The SMILES string of the molecule is NCCOc1cccc(Nc2ncc([N+](=O)[O-])cc2Br)c1. The Kier molecular flexibility index (Phi) is 5.07. The van der Waals surface area contributed by atoms with Crippen molar-refractivity contribution < 1.29 is 9.66 Å². The van der Waals surface area contributed by atoms with Crippen molar-refractivity contribution in [1.29, 1.82) is 0 Å². The first-order valence-corrected chi connectivity index (χ1v) is 6.89. The molecule has 2 rings (SSSR count). The van der Waals surface area contributed by atoms with E-state index in [1.165, 1.54) is 12.3 Å². The fourth-order valence-electron chi connectivity index (χ4n) is 1.60. The molecule has 0 atom stereocenters. The molecular weight excluding hydrogens is 340 g/mol. The van der Waals surface area contributed by atoms with Crippen LogP contribution in [-0.4, -0.2) is 23.1 Å². The van der Waals surface area contributed by atoms with Crippen LogP contribution in [0, 0.1) is 10.1 Å². The highest BCUT2D eigenvalue weighted by Crippen LogP contribution is 2.28. The molecule has 21 heavy (non-hydrogen) atoms. The standard InChI is InChI=1S/C13H13BrN4O3/c14-12-7-10(18(19)20)8-16-13(12)17-9-2-1-3-11(6-9)21-5-4-15/h1-3,6-8H,4-5,15H2,(H,16,17). The number of hydrogen-bond acceptors (Lipinski definition) is 6. The number of halogens is 1. The quantitative estimate of drug-likeness (QED) is 0.611. The Balaban J connectivity index is 2.16. The number of aromatic nitrogens is 1. The molecule has 1 heterocycles. The minimum absolute atomic E-state index is 0.0764. The molecule has 1 aromatic heterocycles. The minimum atomic E-state index is -0.497. The number of nitro groups is 1. The summed E-state index contributed by atoms with van der Waals surface area (Å²) in [5.41, 5.74) is 6.06. The topological polar surface area (TPSA) is 103 Å². The zero-order chi connectivity index (χ0) is 15.2. The second-order valence-corrected chi connectivity index (χ2v) is 4.93. The molecule has 0 fully saturated rings.